The molecule has 0 amide bonds. The van der Waals surface area contributed by atoms with Crippen molar-refractivity contribution >= 4 is 20.2 Å². The van der Waals surface area contributed by atoms with Crippen molar-refractivity contribution in [3.05, 3.63) is 23.3 Å². The molecule has 0 spiro atoms. The van der Waals surface area contributed by atoms with Gasteiger partial charge in [-0.2, -0.15) is 0 Å². The molecule has 0 aromatic heterocycles. The first-order chi connectivity index (χ1) is 12.2. The van der Waals surface area contributed by atoms with E-state index in [1.54, 1.807) is 0 Å². The number of rotatable bonds is 8. The summed E-state index contributed by atoms with van der Waals surface area (Å²) in [6.45, 7) is 12.5. The highest BCUT2D eigenvalue weighted by atomic mass is 31.1. The second-order valence-electron chi connectivity index (χ2n) is 4.71. The van der Waals surface area contributed by atoms with Gasteiger partial charge in [0.2, 0.25) is 0 Å². The summed E-state index contributed by atoms with van der Waals surface area (Å²) in [4.78, 5) is 36.5. The smallest absolute Gasteiger partial charge is 0.333 e. The maximum absolute atomic E-state index is 11.1. The number of ether oxygens (including phenoxy) is 2. The van der Waals surface area contributed by atoms with Crippen molar-refractivity contribution < 1.29 is 33.4 Å². The van der Waals surface area contributed by atoms with E-state index in [0.717, 1.165) is 36.8 Å². The molecule has 26 heavy (non-hydrogen) atoms. The van der Waals surface area contributed by atoms with Gasteiger partial charge in [-0.1, -0.05) is 39.8 Å². The average Bonchev–Trinajstić information content (AvgIpc) is 2.57. The Morgan fingerprint density at radius 1 is 0.769 bits per heavy atom. The molecule has 0 heterocycles. The van der Waals surface area contributed by atoms with E-state index < -0.39 is 8.25 Å². The highest BCUT2D eigenvalue weighted by molar-refractivity contribution is 7.30. The largest absolute Gasteiger partial charge is 0.463 e. The molecule has 0 aromatic carbocycles. The molecule has 0 aliphatic rings. The Bertz CT molecular complexity index is 416. The van der Waals surface area contributed by atoms with Crippen LogP contribution < -0.4 is 0 Å². The Kier molecular flexibility index (Phi) is 24.4. The molecule has 0 saturated heterocycles. The van der Waals surface area contributed by atoms with E-state index >= 15 is 0 Å². The van der Waals surface area contributed by atoms with Gasteiger partial charge in [0, 0.05) is 11.1 Å². The van der Waals surface area contributed by atoms with Crippen molar-refractivity contribution in [2.75, 3.05) is 13.2 Å². The van der Waals surface area contributed by atoms with Gasteiger partial charge in [-0.3, -0.25) is 4.57 Å². The predicted octanol–water partition coefficient (Wildman–Crippen LogP) is 3.95. The summed E-state index contributed by atoms with van der Waals surface area (Å²) in [5, 5.41) is 0. The van der Waals surface area contributed by atoms with E-state index in [1.165, 1.54) is 0 Å². The van der Waals surface area contributed by atoms with Crippen molar-refractivity contribution in [2.45, 2.75) is 67.2 Å². The van der Waals surface area contributed by atoms with Gasteiger partial charge in [-0.05, 0) is 39.5 Å². The van der Waals surface area contributed by atoms with Gasteiger partial charge in [-0.15, -0.1) is 0 Å². The lowest BCUT2D eigenvalue weighted by atomic mass is 10.2. The summed E-state index contributed by atoms with van der Waals surface area (Å²) in [5.74, 6) is -0.339. The topological polar surface area (TPSA) is 110 Å². The molecule has 2 N–H and O–H groups in total. The number of hydrogen-bond donors (Lipinski definition) is 2. The average molecular weight is 394 g/mol. The fourth-order valence-electron chi connectivity index (χ4n) is 1.68. The molecular weight excluding hydrogens is 359 g/mol. The zero-order valence-corrected chi connectivity index (χ0v) is 17.8. The van der Waals surface area contributed by atoms with Gasteiger partial charge in [0.1, 0.15) is 0 Å². The van der Waals surface area contributed by atoms with Crippen molar-refractivity contribution in [3.8, 4) is 0 Å². The minimum atomic E-state index is -3.13. The molecule has 0 unspecified atom stereocenters. The SMILES string of the molecule is CCC=C(CC)C(=O)OCC.CCC=C(CC)C(=O)OCC.O=[PH](O)O. The highest BCUT2D eigenvalue weighted by Crippen LogP contribution is 2.05. The van der Waals surface area contributed by atoms with E-state index in [-0.39, 0.29) is 11.9 Å². The molecule has 0 radical (unpaired) electrons. The highest BCUT2D eigenvalue weighted by Gasteiger charge is 2.06. The summed E-state index contributed by atoms with van der Waals surface area (Å²) >= 11 is 0. The van der Waals surface area contributed by atoms with E-state index in [2.05, 4.69) is 0 Å². The van der Waals surface area contributed by atoms with Crippen LogP contribution in [0.1, 0.15) is 67.2 Å². The monoisotopic (exact) mass is 394 g/mol. The van der Waals surface area contributed by atoms with Crippen LogP contribution in [-0.4, -0.2) is 34.9 Å². The third-order valence-corrected chi connectivity index (χ3v) is 2.74. The first kappa shape index (κ1) is 29.3. The van der Waals surface area contributed by atoms with Gasteiger partial charge < -0.3 is 19.3 Å². The van der Waals surface area contributed by atoms with Crippen LogP contribution in [0.3, 0.4) is 0 Å². The Morgan fingerprint density at radius 3 is 1.19 bits per heavy atom. The predicted molar refractivity (Wildman–Crippen MR) is 104 cm³/mol. The molecule has 0 atom stereocenters. The van der Waals surface area contributed by atoms with Gasteiger partial charge in [0.25, 0.3) is 0 Å². The second kappa shape index (κ2) is 21.6. The summed E-state index contributed by atoms with van der Waals surface area (Å²) in [5.41, 5.74) is 1.57. The lowest BCUT2D eigenvalue weighted by molar-refractivity contribution is -0.139. The van der Waals surface area contributed by atoms with Crippen LogP contribution in [0.4, 0.5) is 0 Å². The van der Waals surface area contributed by atoms with Crippen molar-refractivity contribution in [1.82, 2.24) is 0 Å². The van der Waals surface area contributed by atoms with Crippen LogP contribution in [-0.2, 0) is 23.6 Å². The fourth-order valence-corrected chi connectivity index (χ4v) is 1.68. The third kappa shape index (κ3) is 20.6. The number of esters is 2. The molecular formula is C18H35O7P. The van der Waals surface area contributed by atoms with Crippen LogP contribution in [0.15, 0.2) is 23.3 Å². The zero-order chi connectivity index (χ0) is 21.0. The van der Waals surface area contributed by atoms with E-state index in [9.17, 15) is 9.59 Å². The Balaban J connectivity index is -0.000000338. The van der Waals surface area contributed by atoms with Crippen LogP contribution in [0, 0.1) is 0 Å². The van der Waals surface area contributed by atoms with Gasteiger partial charge in [-0.25, -0.2) is 9.59 Å². The standard InChI is InChI=1S/2C9H16O2.H3O3P/c2*1-4-7-8(5-2)9(10)11-6-3;1-4(2)3/h2*7H,4-6H2,1-3H3;4H,(H2,1,2,3). The number of allylic oxidation sites excluding steroid dienone is 2. The molecule has 0 fully saturated rings. The quantitative estimate of drug-likeness (QED) is 0.364. The zero-order valence-electron chi connectivity index (χ0n) is 16.8. The number of hydrogen-bond acceptors (Lipinski definition) is 5. The van der Waals surface area contributed by atoms with Crippen LogP contribution in [0.5, 0.6) is 0 Å². The Labute approximate surface area is 158 Å². The summed E-state index contributed by atoms with van der Waals surface area (Å²) in [6.07, 6.45) is 7.12. The molecule has 154 valence electrons. The second-order valence-corrected chi connectivity index (χ2v) is 5.27. The van der Waals surface area contributed by atoms with Crippen LogP contribution >= 0.6 is 8.25 Å². The van der Waals surface area contributed by atoms with Crippen molar-refractivity contribution in [2.24, 2.45) is 0 Å². The van der Waals surface area contributed by atoms with Crippen LogP contribution in [0.2, 0.25) is 0 Å². The van der Waals surface area contributed by atoms with E-state index in [1.807, 2.05) is 53.7 Å². The molecule has 7 nitrogen and oxygen atoms in total. The molecule has 0 aliphatic heterocycles. The van der Waals surface area contributed by atoms with E-state index in [0.29, 0.717) is 13.2 Å². The van der Waals surface area contributed by atoms with Crippen LogP contribution in [0.25, 0.3) is 0 Å². The van der Waals surface area contributed by atoms with Crippen molar-refractivity contribution in [3.63, 3.8) is 0 Å². The normalized spacial score (nSPS) is 11.0. The first-order valence-electron chi connectivity index (χ1n) is 8.89. The maximum atomic E-state index is 11.1. The van der Waals surface area contributed by atoms with Crippen molar-refractivity contribution in [1.29, 1.82) is 0 Å². The lowest BCUT2D eigenvalue weighted by Crippen LogP contribution is -2.06. The molecule has 0 aromatic rings. The minimum Gasteiger partial charge on any atom is -0.463 e. The first-order valence-corrected chi connectivity index (χ1v) is 10.2. The Hall–Kier alpha value is -1.43. The number of carbonyl (C=O) groups is 2. The van der Waals surface area contributed by atoms with Gasteiger partial charge in [0.15, 0.2) is 0 Å². The third-order valence-electron chi connectivity index (χ3n) is 2.74. The lowest BCUT2D eigenvalue weighted by Gasteiger charge is -2.02. The molecule has 0 rings (SSSR count). The van der Waals surface area contributed by atoms with Gasteiger partial charge >= 0.3 is 20.2 Å². The molecule has 0 aliphatic carbocycles. The molecule has 8 heteroatoms. The minimum absolute atomic E-state index is 0.170. The molecule has 0 saturated carbocycles. The fraction of sp³-hybridized carbons (Fsp3) is 0.667. The summed E-state index contributed by atoms with van der Waals surface area (Å²) < 4.78 is 18.4. The Morgan fingerprint density at radius 2 is 1.04 bits per heavy atom. The van der Waals surface area contributed by atoms with Gasteiger partial charge in [0.05, 0.1) is 13.2 Å². The van der Waals surface area contributed by atoms with E-state index in [4.69, 9.17) is 23.8 Å². The number of carbonyl (C=O) groups excluding carboxylic acids is 2. The molecule has 0 bridgehead atoms. The summed E-state index contributed by atoms with van der Waals surface area (Å²) in [6, 6.07) is 0. The maximum Gasteiger partial charge on any atom is 0.333 e. The summed E-state index contributed by atoms with van der Waals surface area (Å²) in [7, 11) is -3.13.